The van der Waals surface area contributed by atoms with Crippen LogP contribution in [0.1, 0.15) is 19.4 Å². The van der Waals surface area contributed by atoms with E-state index in [4.69, 9.17) is 5.11 Å². The summed E-state index contributed by atoms with van der Waals surface area (Å²) in [5, 5.41) is 12.1. The minimum absolute atomic E-state index is 0.0194. The van der Waals surface area contributed by atoms with Crippen molar-refractivity contribution in [2.75, 3.05) is 25.1 Å². The maximum atomic E-state index is 14.0. The van der Waals surface area contributed by atoms with Crippen molar-refractivity contribution in [3.05, 3.63) is 29.6 Å². The molecule has 4 heteroatoms. The Bertz CT molecular complexity index is 355. The Labute approximate surface area is 102 Å². The number of hydrogen-bond donors (Lipinski definition) is 2. The lowest BCUT2D eigenvalue weighted by Gasteiger charge is -2.30. The molecule has 3 nitrogen and oxygen atoms in total. The number of aliphatic hydroxyl groups excluding tert-OH is 1. The topological polar surface area (TPSA) is 35.5 Å². The largest absolute Gasteiger partial charge is 0.395 e. The van der Waals surface area contributed by atoms with Gasteiger partial charge < -0.3 is 15.3 Å². The van der Waals surface area contributed by atoms with Crippen LogP contribution in [0.4, 0.5) is 10.1 Å². The maximum Gasteiger partial charge on any atom is 0.146 e. The number of benzene rings is 1. The summed E-state index contributed by atoms with van der Waals surface area (Å²) in [6.07, 6.45) is 0. The fraction of sp³-hybridized carbons (Fsp3) is 0.538. The molecular formula is C13H21FN2O. The maximum absolute atomic E-state index is 14.0. The number of anilines is 1. The van der Waals surface area contributed by atoms with Gasteiger partial charge in [0.05, 0.1) is 12.3 Å². The first-order valence-corrected chi connectivity index (χ1v) is 5.91. The van der Waals surface area contributed by atoms with E-state index in [0.717, 1.165) is 5.56 Å². The molecule has 0 radical (unpaired) electrons. The first kappa shape index (κ1) is 13.9. The van der Waals surface area contributed by atoms with E-state index >= 15 is 0 Å². The third-order valence-corrected chi connectivity index (χ3v) is 2.69. The molecule has 96 valence electrons. The second-order valence-corrected chi connectivity index (χ2v) is 4.29. The molecule has 0 aromatic heterocycles. The van der Waals surface area contributed by atoms with Gasteiger partial charge in [-0.15, -0.1) is 0 Å². The molecule has 1 aromatic carbocycles. The summed E-state index contributed by atoms with van der Waals surface area (Å²) in [6.45, 7) is 5.05. The summed E-state index contributed by atoms with van der Waals surface area (Å²) in [6, 6.07) is 5.22. The standard InChI is InChI=1S/C13H21FN2O/c1-10(2)16(7-8-17)13-11(9-15-3)5-4-6-12(13)14/h4-6,10,15,17H,7-9H2,1-3H3. The Morgan fingerprint density at radius 3 is 2.65 bits per heavy atom. The van der Waals surface area contributed by atoms with Gasteiger partial charge >= 0.3 is 0 Å². The van der Waals surface area contributed by atoms with Gasteiger partial charge in [0.15, 0.2) is 0 Å². The molecule has 0 aliphatic rings. The summed E-state index contributed by atoms with van der Waals surface area (Å²) < 4.78 is 14.0. The van der Waals surface area contributed by atoms with Crippen LogP contribution in [0.15, 0.2) is 18.2 Å². The summed E-state index contributed by atoms with van der Waals surface area (Å²) in [7, 11) is 1.83. The first-order valence-electron chi connectivity index (χ1n) is 5.91. The van der Waals surface area contributed by atoms with Crippen molar-refractivity contribution in [1.82, 2.24) is 5.32 Å². The highest BCUT2D eigenvalue weighted by Gasteiger charge is 2.17. The molecule has 0 heterocycles. The van der Waals surface area contributed by atoms with Gasteiger partial charge in [-0.1, -0.05) is 12.1 Å². The van der Waals surface area contributed by atoms with E-state index < -0.39 is 0 Å². The van der Waals surface area contributed by atoms with E-state index in [1.165, 1.54) is 6.07 Å². The van der Waals surface area contributed by atoms with Gasteiger partial charge in [-0.3, -0.25) is 0 Å². The van der Waals surface area contributed by atoms with Crippen LogP contribution in [0.3, 0.4) is 0 Å². The van der Waals surface area contributed by atoms with Crippen LogP contribution in [0.5, 0.6) is 0 Å². The highest BCUT2D eigenvalue weighted by atomic mass is 19.1. The van der Waals surface area contributed by atoms with Crippen LogP contribution in [0.25, 0.3) is 0 Å². The van der Waals surface area contributed by atoms with Crippen molar-refractivity contribution >= 4 is 5.69 Å². The zero-order chi connectivity index (χ0) is 12.8. The van der Waals surface area contributed by atoms with Crippen molar-refractivity contribution in [3.63, 3.8) is 0 Å². The number of para-hydroxylation sites is 1. The third kappa shape index (κ3) is 3.41. The molecule has 0 saturated carbocycles. The van der Waals surface area contributed by atoms with Crippen LogP contribution >= 0.6 is 0 Å². The number of nitrogens with one attached hydrogen (secondary N) is 1. The van der Waals surface area contributed by atoms with E-state index in [-0.39, 0.29) is 18.5 Å². The lowest BCUT2D eigenvalue weighted by Crippen LogP contribution is -2.35. The number of rotatable bonds is 6. The van der Waals surface area contributed by atoms with Crippen LogP contribution in [0.2, 0.25) is 0 Å². The van der Waals surface area contributed by atoms with Crippen LogP contribution in [-0.2, 0) is 6.54 Å². The Kier molecular flexibility index (Phi) is 5.38. The predicted molar refractivity (Wildman–Crippen MR) is 68.7 cm³/mol. The van der Waals surface area contributed by atoms with E-state index in [9.17, 15) is 4.39 Å². The van der Waals surface area contributed by atoms with Gasteiger partial charge in [0.2, 0.25) is 0 Å². The lowest BCUT2D eigenvalue weighted by molar-refractivity contribution is 0.298. The molecule has 2 N–H and O–H groups in total. The number of aliphatic hydroxyl groups is 1. The van der Waals surface area contributed by atoms with Crippen LogP contribution in [-0.4, -0.2) is 31.3 Å². The number of halogens is 1. The van der Waals surface area contributed by atoms with Crippen molar-refractivity contribution in [3.8, 4) is 0 Å². The molecule has 0 aliphatic heterocycles. The molecule has 0 spiro atoms. The highest BCUT2D eigenvalue weighted by Crippen LogP contribution is 2.26. The predicted octanol–water partition coefficient (Wildman–Crippen LogP) is 1.75. The van der Waals surface area contributed by atoms with E-state index in [1.807, 2.05) is 31.9 Å². The van der Waals surface area contributed by atoms with Crippen molar-refractivity contribution in [2.24, 2.45) is 0 Å². The Morgan fingerprint density at radius 1 is 1.41 bits per heavy atom. The second-order valence-electron chi connectivity index (χ2n) is 4.29. The minimum Gasteiger partial charge on any atom is -0.395 e. The fourth-order valence-electron chi connectivity index (χ4n) is 1.95. The summed E-state index contributed by atoms with van der Waals surface area (Å²) in [4.78, 5) is 1.89. The number of hydrogen-bond acceptors (Lipinski definition) is 3. The average molecular weight is 240 g/mol. The number of nitrogens with zero attached hydrogens (tertiary/aromatic N) is 1. The smallest absolute Gasteiger partial charge is 0.146 e. The highest BCUT2D eigenvalue weighted by molar-refractivity contribution is 5.55. The van der Waals surface area contributed by atoms with Crippen LogP contribution < -0.4 is 10.2 Å². The quantitative estimate of drug-likeness (QED) is 0.795. The zero-order valence-corrected chi connectivity index (χ0v) is 10.7. The molecule has 0 bridgehead atoms. The average Bonchev–Trinajstić information content (AvgIpc) is 2.27. The van der Waals surface area contributed by atoms with E-state index in [1.54, 1.807) is 6.07 Å². The molecule has 0 amide bonds. The minimum atomic E-state index is -0.236. The van der Waals surface area contributed by atoms with Gasteiger partial charge in [-0.25, -0.2) is 4.39 Å². The van der Waals surface area contributed by atoms with Crippen molar-refractivity contribution < 1.29 is 9.50 Å². The summed E-state index contributed by atoms with van der Waals surface area (Å²) >= 11 is 0. The molecule has 0 unspecified atom stereocenters. The molecule has 0 aliphatic carbocycles. The van der Waals surface area contributed by atoms with Gasteiger partial charge in [0, 0.05) is 19.1 Å². The van der Waals surface area contributed by atoms with Gasteiger partial charge in [-0.05, 0) is 32.5 Å². The molecule has 1 rings (SSSR count). The zero-order valence-electron chi connectivity index (χ0n) is 10.7. The molecule has 1 aromatic rings. The molecule has 0 atom stereocenters. The monoisotopic (exact) mass is 240 g/mol. The van der Waals surface area contributed by atoms with Gasteiger partial charge in [0.1, 0.15) is 5.82 Å². The molecule has 17 heavy (non-hydrogen) atoms. The molecular weight excluding hydrogens is 219 g/mol. The van der Waals surface area contributed by atoms with E-state index in [0.29, 0.717) is 18.8 Å². The Balaban J connectivity index is 3.14. The first-order chi connectivity index (χ1) is 8.11. The third-order valence-electron chi connectivity index (χ3n) is 2.69. The SMILES string of the molecule is CNCc1cccc(F)c1N(CCO)C(C)C. The van der Waals surface area contributed by atoms with Gasteiger partial charge in [0.25, 0.3) is 0 Å². The summed E-state index contributed by atoms with van der Waals surface area (Å²) in [5.74, 6) is -0.236. The van der Waals surface area contributed by atoms with Gasteiger partial charge in [-0.2, -0.15) is 0 Å². The lowest BCUT2D eigenvalue weighted by atomic mass is 10.1. The van der Waals surface area contributed by atoms with E-state index in [2.05, 4.69) is 5.32 Å². The molecule has 0 fully saturated rings. The second kappa shape index (κ2) is 6.57. The normalized spacial score (nSPS) is 10.9. The molecule has 0 saturated heterocycles. The Morgan fingerprint density at radius 2 is 2.12 bits per heavy atom. The van der Waals surface area contributed by atoms with Crippen LogP contribution in [0, 0.1) is 5.82 Å². The van der Waals surface area contributed by atoms with Crippen molar-refractivity contribution in [2.45, 2.75) is 26.4 Å². The Hall–Kier alpha value is -1.13. The summed E-state index contributed by atoms with van der Waals surface area (Å²) in [5.41, 5.74) is 1.50. The fourth-order valence-corrected chi connectivity index (χ4v) is 1.95. The van der Waals surface area contributed by atoms with Crippen molar-refractivity contribution in [1.29, 1.82) is 0 Å².